The van der Waals surface area contributed by atoms with E-state index in [1.54, 1.807) is 30.3 Å². The van der Waals surface area contributed by atoms with E-state index in [4.69, 9.17) is 11.6 Å². The first-order valence-corrected chi connectivity index (χ1v) is 6.64. The van der Waals surface area contributed by atoms with Crippen LogP contribution in [-0.4, -0.2) is 18.3 Å². The molecule has 6 heteroatoms. The fraction of sp³-hybridized carbons (Fsp3) is 0.200. The molecule has 0 fully saturated rings. The zero-order valence-corrected chi connectivity index (χ0v) is 11.7. The van der Waals surface area contributed by atoms with Crippen molar-refractivity contribution in [3.63, 3.8) is 0 Å². The molecule has 21 heavy (non-hydrogen) atoms. The Labute approximate surface area is 126 Å². The highest BCUT2D eigenvalue weighted by molar-refractivity contribution is 6.30. The largest absolute Gasteiger partial charge is 0.435 e. The minimum Gasteiger partial charge on any atom is -0.435 e. The van der Waals surface area contributed by atoms with Crippen LogP contribution in [0.4, 0.5) is 14.5 Å². The maximum absolute atomic E-state index is 12.1. The van der Waals surface area contributed by atoms with Crippen molar-refractivity contribution in [3.05, 3.63) is 59.1 Å². The number of halogens is 3. The molecule has 0 aliphatic heterocycles. The minimum atomic E-state index is -2.85. The second-order valence-electron chi connectivity index (χ2n) is 4.34. The molecule has 0 amide bonds. The van der Waals surface area contributed by atoms with Gasteiger partial charge in [0, 0.05) is 10.7 Å². The molecule has 0 bridgehead atoms. The molecule has 0 spiro atoms. The molecule has 3 nitrogen and oxygen atoms in total. The van der Waals surface area contributed by atoms with Crippen LogP contribution in [0.1, 0.15) is 11.6 Å². The number of anilines is 1. The fourth-order valence-electron chi connectivity index (χ4n) is 1.90. The van der Waals surface area contributed by atoms with E-state index in [1.165, 1.54) is 12.1 Å². The zero-order chi connectivity index (χ0) is 15.2. The first-order chi connectivity index (χ1) is 10.1. The van der Waals surface area contributed by atoms with Crippen LogP contribution in [0.5, 0.6) is 5.75 Å². The van der Waals surface area contributed by atoms with Gasteiger partial charge in [-0.25, -0.2) is 0 Å². The highest BCUT2D eigenvalue weighted by Gasteiger charge is 2.11. The summed E-state index contributed by atoms with van der Waals surface area (Å²) in [5.74, 6) is 0.0770. The molecular weight excluding hydrogens is 300 g/mol. The molecule has 0 radical (unpaired) electrons. The number of hydrogen-bond donors (Lipinski definition) is 2. The molecule has 2 aromatic carbocycles. The lowest BCUT2D eigenvalue weighted by molar-refractivity contribution is -0.0498. The van der Waals surface area contributed by atoms with Crippen LogP contribution in [0.25, 0.3) is 0 Å². The number of nitrogens with one attached hydrogen (secondary N) is 1. The summed E-state index contributed by atoms with van der Waals surface area (Å²) < 4.78 is 28.5. The molecule has 2 aromatic rings. The van der Waals surface area contributed by atoms with Crippen molar-refractivity contribution < 1.29 is 18.6 Å². The summed E-state index contributed by atoms with van der Waals surface area (Å²) in [4.78, 5) is 0. The van der Waals surface area contributed by atoms with Crippen LogP contribution in [0.2, 0.25) is 5.02 Å². The van der Waals surface area contributed by atoms with E-state index in [9.17, 15) is 13.9 Å². The predicted molar refractivity (Wildman–Crippen MR) is 78.0 cm³/mol. The molecule has 0 aromatic heterocycles. The summed E-state index contributed by atoms with van der Waals surface area (Å²) in [6, 6.07) is 12.8. The maximum Gasteiger partial charge on any atom is 0.387 e. The summed E-state index contributed by atoms with van der Waals surface area (Å²) in [5, 5.41) is 13.2. The summed E-state index contributed by atoms with van der Waals surface area (Å²) in [6.07, 6.45) is 0. The molecule has 2 rings (SSSR count). The molecule has 1 unspecified atom stereocenters. The molecule has 0 saturated heterocycles. The molecule has 0 saturated carbocycles. The average molecular weight is 314 g/mol. The first-order valence-electron chi connectivity index (χ1n) is 6.26. The molecule has 1 atom stereocenters. The maximum atomic E-state index is 12.1. The Morgan fingerprint density at radius 2 is 1.86 bits per heavy atom. The van der Waals surface area contributed by atoms with Crippen molar-refractivity contribution in [2.45, 2.75) is 12.7 Å². The topological polar surface area (TPSA) is 41.5 Å². The van der Waals surface area contributed by atoms with Gasteiger partial charge >= 0.3 is 6.61 Å². The van der Waals surface area contributed by atoms with Gasteiger partial charge < -0.3 is 15.2 Å². The average Bonchev–Trinajstić information content (AvgIpc) is 2.45. The Bertz CT molecular complexity index is 578. The third-order valence-electron chi connectivity index (χ3n) is 2.86. The first kappa shape index (κ1) is 15.5. The van der Waals surface area contributed by atoms with E-state index in [1.807, 2.05) is 6.07 Å². The van der Waals surface area contributed by atoms with Gasteiger partial charge in [-0.3, -0.25) is 0 Å². The number of aliphatic hydroxyl groups is 1. The molecular formula is C15H14ClF2NO2. The Morgan fingerprint density at radius 1 is 1.14 bits per heavy atom. The molecule has 0 aliphatic carbocycles. The van der Waals surface area contributed by atoms with E-state index in [0.717, 1.165) is 11.3 Å². The van der Waals surface area contributed by atoms with E-state index >= 15 is 0 Å². The molecule has 0 heterocycles. The Balaban J connectivity index is 2.10. The van der Waals surface area contributed by atoms with Crippen molar-refractivity contribution in [2.75, 3.05) is 11.9 Å². The normalized spacial score (nSPS) is 12.2. The lowest BCUT2D eigenvalue weighted by atomic mass is 10.1. The number of hydrogen-bond acceptors (Lipinski definition) is 3. The number of rotatable bonds is 6. The highest BCUT2D eigenvalue weighted by Crippen LogP contribution is 2.24. The van der Waals surface area contributed by atoms with Crippen molar-refractivity contribution in [1.82, 2.24) is 0 Å². The van der Waals surface area contributed by atoms with Gasteiger partial charge in [0.25, 0.3) is 0 Å². The Hall–Kier alpha value is -1.85. The zero-order valence-electron chi connectivity index (χ0n) is 11.0. The van der Waals surface area contributed by atoms with Gasteiger partial charge in [-0.05, 0) is 35.9 Å². The minimum absolute atomic E-state index is 0.0770. The van der Waals surface area contributed by atoms with Crippen LogP contribution in [0.15, 0.2) is 48.5 Å². The van der Waals surface area contributed by atoms with E-state index in [-0.39, 0.29) is 18.4 Å². The van der Waals surface area contributed by atoms with E-state index in [0.29, 0.717) is 5.02 Å². The lowest BCUT2D eigenvalue weighted by Crippen LogP contribution is -2.14. The monoisotopic (exact) mass is 313 g/mol. The van der Waals surface area contributed by atoms with Crippen LogP contribution >= 0.6 is 11.6 Å². The third kappa shape index (κ3) is 4.58. The number of ether oxygens (including phenoxy) is 1. The van der Waals surface area contributed by atoms with Crippen molar-refractivity contribution in [1.29, 1.82) is 0 Å². The van der Waals surface area contributed by atoms with Gasteiger partial charge in [0.2, 0.25) is 0 Å². The van der Waals surface area contributed by atoms with E-state index < -0.39 is 6.61 Å². The van der Waals surface area contributed by atoms with Crippen molar-refractivity contribution >= 4 is 17.3 Å². The highest BCUT2D eigenvalue weighted by atomic mass is 35.5. The van der Waals surface area contributed by atoms with Crippen LogP contribution in [0.3, 0.4) is 0 Å². The number of aliphatic hydroxyl groups excluding tert-OH is 1. The Kier molecular flexibility index (Phi) is 5.36. The third-order valence-corrected chi connectivity index (χ3v) is 3.09. The summed E-state index contributed by atoms with van der Waals surface area (Å²) in [5.41, 5.74) is 1.51. The van der Waals surface area contributed by atoms with Crippen molar-refractivity contribution in [3.8, 4) is 5.75 Å². The van der Waals surface area contributed by atoms with Gasteiger partial charge in [0.15, 0.2) is 0 Å². The summed E-state index contributed by atoms with van der Waals surface area (Å²) >= 11 is 5.90. The van der Waals surface area contributed by atoms with Gasteiger partial charge in [0.1, 0.15) is 5.75 Å². The van der Waals surface area contributed by atoms with Gasteiger partial charge in [0.05, 0.1) is 12.6 Å². The SMILES string of the molecule is OCC(Nc1cccc(Cl)c1)c1ccc(OC(F)F)cc1. The van der Waals surface area contributed by atoms with Crippen LogP contribution in [-0.2, 0) is 0 Å². The van der Waals surface area contributed by atoms with Gasteiger partial charge in [-0.15, -0.1) is 0 Å². The van der Waals surface area contributed by atoms with Crippen LogP contribution < -0.4 is 10.1 Å². The molecule has 0 aliphatic rings. The van der Waals surface area contributed by atoms with E-state index in [2.05, 4.69) is 10.1 Å². The summed E-state index contributed by atoms with van der Waals surface area (Å²) in [6.45, 7) is -3.00. The van der Waals surface area contributed by atoms with Crippen molar-refractivity contribution in [2.24, 2.45) is 0 Å². The summed E-state index contributed by atoms with van der Waals surface area (Å²) in [7, 11) is 0. The van der Waals surface area contributed by atoms with Gasteiger partial charge in [-0.1, -0.05) is 29.8 Å². The number of alkyl halides is 2. The smallest absolute Gasteiger partial charge is 0.387 e. The molecule has 2 N–H and O–H groups in total. The van der Waals surface area contributed by atoms with Crippen LogP contribution in [0, 0.1) is 0 Å². The lowest BCUT2D eigenvalue weighted by Gasteiger charge is -2.18. The fourth-order valence-corrected chi connectivity index (χ4v) is 2.09. The second kappa shape index (κ2) is 7.24. The quantitative estimate of drug-likeness (QED) is 0.844. The second-order valence-corrected chi connectivity index (χ2v) is 4.77. The Morgan fingerprint density at radius 3 is 2.43 bits per heavy atom. The standard InChI is InChI=1S/C15H14ClF2NO2/c16-11-2-1-3-12(8-11)19-14(9-20)10-4-6-13(7-5-10)21-15(17)18/h1-8,14-15,19-20H,9H2. The predicted octanol–water partition coefficient (Wildman–Crippen LogP) is 4.09. The molecule has 112 valence electrons. The number of benzene rings is 2. The van der Waals surface area contributed by atoms with Gasteiger partial charge in [-0.2, -0.15) is 8.78 Å².